The monoisotopic (exact) mass is 400 g/mol. The summed E-state index contributed by atoms with van der Waals surface area (Å²) in [4.78, 5) is 22.3. The van der Waals surface area contributed by atoms with Gasteiger partial charge in [-0.2, -0.15) is 0 Å². The Kier molecular flexibility index (Phi) is 17.5. The fourth-order valence-corrected chi connectivity index (χ4v) is 1.83. The minimum absolute atomic E-state index is 0.345. The molecule has 0 aliphatic carbocycles. The summed E-state index contributed by atoms with van der Waals surface area (Å²) in [6, 6.07) is 0. The van der Waals surface area contributed by atoms with E-state index in [1.54, 1.807) is 13.8 Å². The second-order valence-electron chi connectivity index (χ2n) is 6.26. The van der Waals surface area contributed by atoms with Gasteiger partial charge in [0.15, 0.2) is 0 Å². The normalized spacial score (nSPS) is 10.5. The zero-order valence-corrected chi connectivity index (χ0v) is 17.3. The Labute approximate surface area is 168 Å². The van der Waals surface area contributed by atoms with Gasteiger partial charge in [-0.15, -0.1) is 0 Å². The van der Waals surface area contributed by atoms with Crippen LogP contribution in [0.5, 0.6) is 0 Å². The largest absolute Gasteiger partial charge is 0.462 e. The van der Waals surface area contributed by atoms with E-state index in [0.29, 0.717) is 50.8 Å². The summed E-state index contributed by atoms with van der Waals surface area (Å²) in [5.41, 5.74) is 0.835. The Morgan fingerprint density at radius 1 is 0.643 bits per heavy atom. The molecule has 0 saturated heterocycles. The maximum absolute atomic E-state index is 11.1. The highest BCUT2D eigenvalue weighted by molar-refractivity contribution is 5.87. The van der Waals surface area contributed by atoms with Gasteiger partial charge in [-0.3, -0.25) is 0 Å². The molecule has 0 saturated carbocycles. The Bertz CT molecular complexity index is 426. The van der Waals surface area contributed by atoms with Gasteiger partial charge in [-0.1, -0.05) is 13.2 Å². The lowest BCUT2D eigenvalue weighted by Crippen LogP contribution is -2.24. The van der Waals surface area contributed by atoms with Crippen molar-refractivity contribution in [2.45, 2.75) is 26.7 Å². The molecule has 0 aromatic heterocycles. The Balaban J connectivity index is 3.14. The van der Waals surface area contributed by atoms with Crippen molar-refractivity contribution in [2.75, 3.05) is 65.8 Å². The molecule has 0 aliphatic rings. The molecule has 0 aliphatic heterocycles. The van der Waals surface area contributed by atoms with Crippen molar-refractivity contribution in [1.82, 2.24) is 10.6 Å². The van der Waals surface area contributed by atoms with Crippen molar-refractivity contribution in [3.63, 3.8) is 0 Å². The lowest BCUT2D eigenvalue weighted by atomic mass is 10.3. The zero-order chi connectivity index (χ0) is 21.0. The molecular weight excluding hydrogens is 364 g/mol. The van der Waals surface area contributed by atoms with Gasteiger partial charge >= 0.3 is 11.9 Å². The van der Waals surface area contributed by atoms with Crippen molar-refractivity contribution < 1.29 is 28.5 Å². The van der Waals surface area contributed by atoms with E-state index in [2.05, 4.69) is 23.8 Å². The van der Waals surface area contributed by atoms with Crippen LogP contribution in [-0.2, 0) is 28.5 Å². The SMILES string of the molecule is C=C(C)C(=O)OCCCNCCOCCOCCNCCCOC(=O)C(=C)C. The minimum Gasteiger partial charge on any atom is -0.462 e. The number of esters is 2. The lowest BCUT2D eigenvalue weighted by molar-refractivity contribution is -0.139. The second-order valence-corrected chi connectivity index (χ2v) is 6.26. The third kappa shape index (κ3) is 17.7. The van der Waals surface area contributed by atoms with Gasteiger partial charge in [-0.05, 0) is 39.8 Å². The molecule has 8 heteroatoms. The molecule has 0 aromatic rings. The summed E-state index contributed by atoms with van der Waals surface area (Å²) in [6.07, 6.45) is 1.51. The van der Waals surface area contributed by atoms with Gasteiger partial charge in [-0.25, -0.2) is 9.59 Å². The molecule has 0 atom stereocenters. The van der Waals surface area contributed by atoms with Crippen LogP contribution in [-0.4, -0.2) is 77.8 Å². The molecule has 0 fully saturated rings. The molecule has 0 rings (SSSR count). The third-order valence-electron chi connectivity index (χ3n) is 3.38. The average Bonchev–Trinajstić information content (AvgIpc) is 2.66. The predicted octanol–water partition coefficient (Wildman–Crippen LogP) is 1.22. The van der Waals surface area contributed by atoms with Gasteiger partial charge in [0.05, 0.1) is 39.6 Å². The summed E-state index contributed by atoms with van der Waals surface area (Å²) in [7, 11) is 0. The fraction of sp³-hybridized carbons (Fsp3) is 0.700. The first-order valence-corrected chi connectivity index (χ1v) is 9.67. The van der Waals surface area contributed by atoms with Gasteiger partial charge in [0.25, 0.3) is 0 Å². The van der Waals surface area contributed by atoms with Crippen LogP contribution in [0.1, 0.15) is 26.7 Å². The van der Waals surface area contributed by atoms with Crippen LogP contribution in [0, 0.1) is 0 Å². The smallest absolute Gasteiger partial charge is 0.333 e. The van der Waals surface area contributed by atoms with E-state index in [9.17, 15) is 9.59 Å². The summed E-state index contributed by atoms with van der Waals surface area (Å²) < 4.78 is 20.9. The molecule has 8 nitrogen and oxygen atoms in total. The first-order chi connectivity index (χ1) is 13.4. The number of ether oxygens (including phenoxy) is 4. The highest BCUT2D eigenvalue weighted by Crippen LogP contribution is 1.93. The molecule has 2 N–H and O–H groups in total. The molecule has 28 heavy (non-hydrogen) atoms. The summed E-state index contributed by atoms with van der Waals surface area (Å²) in [6.45, 7) is 16.4. The fourth-order valence-electron chi connectivity index (χ4n) is 1.83. The van der Waals surface area contributed by atoms with Crippen molar-refractivity contribution in [3.05, 3.63) is 24.3 Å². The van der Waals surface area contributed by atoms with E-state index in [1.165, 1.54) is 0 Å². The molecule has 0 radical (unpaired) electrons. The molecular formula is C20H36N2O6. The number of hydrogen-bond donors (Lipinski definition) is 2. The number of carbonyl (C=O) groups excluding carboxylic acids is 2. The predicted molar refractivity (Wildman–Crippen MR) is 108 cm³/mol. The first kappa shape index (κ1) is 26.3. The van der Waals surface area contributed by atoms with Crippen LogP contribution in [0.25, 0.3) is 0 Å². The molecule has 0 amide bonds. The van der Waals surface area contributed by atoms with Gasteiger partial charge in [0.1, 0.15) is 0 Å². The number of carbonyl (C=O) groups is 2. The third-order valence-corrected chi connectivity index (χ3v) is 3.38. The van der Waals surface area contributed by atoms with Gasteiger partial charge in [0.2, 0.25) is 0 Å². The standard InChI is InChI=1S/C20H36N2O6/c1-17(2)19(23)27-11-5-7-21-9-13-25-15-16-26-14-10-22-8-6-12-28-20(24)18(3)4/h21-22H,1,3,5-16H2,2,4H3. The molecule has 0 bridgehead atoms. The maximum Gasteiger partial charge on any atom is 0.333 e. The van der Waals surface area contributed by atoms with Crippen LogP contribution >= 0.6 is 0 Å². The number of hydrogen-bond acceptors (Lipinski definition) is 8. The summed E-state index contributed by atoms with van der Waals surface area (Å²) in [5.74, 6) is -0.690. The van der Waals surface area contributed by atoms with E-state index in [4.69, 9.17) is 18.9 Å². The number of rotatable bonds is 19. The number of nitrogens with one attached hydrogen (secondary N) is 2. The topological polar surface area (TPSA) is 95.1 Å². The zero-order valence-electron chi connectivity index (χ0n) is 17.3. The van der Waals surface area contributed by atoms with Crippen molar-refractivity contribution in [2.24, 2.45) is 0 Å². The Morgan fingerprint density at radius 2 is 1.04 bits per heavy atom. The molecule has 0 aromatic carbocycles. The van der Waals surface area contributed by atoms with Crippen LogP contribution in [0.4, 0.5) is 0 Å². The quantitative estimate of drug-likeness (QED) is 0.190. The lowest BCUT2D eigenvalue weighted by Gasteiger charge is -2.08. The van der Waals surface area contributed by atoms with Crippen LogP contribution in [0.15, 0.2) is 24.3 Å². The van der Waals surface area contributed by atoms with E-state index < -0.39 is 0 Å². The Morgan fingerprint density at radius 3 is 1.39 bits per heavy atom. The Hall–Kier alpha value is -1.74. The molecule has 0 heterocycles. The minimum atomic E-state index is -0.345. The van der Waals surface area contributed by atoms with Gasteiger partial charge < -0.3 is 29.6 Å². The highest BCUT2D eigenvalue weighted by Gasteiger charge is 2.02. The van der Waals surface area contributed by atoms with Crippen molar-refractivity contribution >= 4 is 11.9 Å². The summed E-state index contributed by atoms with van der Waals surface area (Å²) in [5, 5.41) is 6.42. The van der Waals surface area contributed by atoms with Crippen LogP contribution in [0.3, 0.4) is 0 Å². The highest BCUT2D eigenvalue weighted by atomic mass is 16.5. The van der Waals surface area contributed by atoms with E-state index in [0.717, 1.165) is 39.0 Å². The van der Waals surface area contributed by atoms with Crippen molar-refractivity contribution in [3.8, 4) is 0 Å². The van der Waals surface area contributed by atoms with Gasteiger partial charge in [0, 0.05) is 24.2 Å². The summed E-state index contributed by atoms with van der Waals surface area (Å²) >= 11 is 0. The van der Waals surface area contributed by atoms with E-state index in [-0.39, 0.29) is 11.9 Å². The molecule has 0 unspecified atom stereocenters. The van der Waals surface area contributed by atoms with E-state index in [1.807, 2.05) is 0 Å². The second kappa shape index (κ2) is 18.6. The first-order valence-electron chi connectivity index (χ1n) is 9.67. The maximum atomic E-state index is 11.1. The van der Waals surface area contributed by atoms with E-state index >= 15 is 0 Å². The van der Waals surface area contributed by atoms with Crippen LogP contribution < -0.4 is 10.6 Å². The van der Waals surface area contributed by atoms with Crippen molar-refractivity contribution in [1.29, 1.82) is 0 Å². The van der Waals surface area contributed by atoms with Crippen LogP contribution in [0.2, 0.25) is 0 Å². The molecule has 0 spiro atoms. The average molecular weight is 401 g/mol. The molecule has 162 valence electrons.